The quantitative estimate of drug-likeness (QED) is 0.793. The first-order valence-corrected chi connectivity index (χ1v) is 8.17. The molecule has 0 aliphatic carbocycles. The molecule has 5 nitrogen and oxygen atoms in total. The summed E-state index contributed by atoms with van der Waals surface area (Å²) in [7, 11) is 0. The van der Waals surface area contributed by atoms with Crippen molar-refractivity contribution >= 4 is 11.0 Å². The van der Waals surface area contributed by atoms with Gasteiger partial charge in [-0.05, 0) is 46.2 Å². The van der Waals surface area contributed by atoms with Crippen LogP contribution in [-0.2, 0) is 0 Å². The van der Waals surface area contributed by atoms with E-state index in [9.17, 15) is 4.79 Å². The van der Waals surface area contributed by atoms with Crippen molar-refractivity contribution in [1.29, 1.82) is 0 Å². The smallest absolute Gasteiger partial charge is 0.196 e. The SMILES string of the molecule is Cc1cc(C(C)N)c2oc(-c3cnn(C(C)C)c3)c(C)c(=O)c2c1. The van der Waals surface area contributed by atoms with Gasteiger partial charge in [-0.1, -0.05) is 6.07 Å². The fraction of sp³-hybridized carbons (Fsp3) is 0.368. The van der Waals surface area contributed by atoms with Gasteiger partial charge >= 0.3 is 0 Å². The molecule has 1 unspecified atom stereocenters. The molecule has 3 aromatic rings. The topological polar surface area (TPSA) is 74.0 Å². The van der Waals surface area contributed by atoms with Gasteiger partial charge in [-0.15, -0.1) is 0 Å². The molecule has 2 N–H and O–H groups in total. The Balaban J connectivity index is 2.33. The maximum absolute atomic E-state index is 12.9. The van der Waals surface area contributed by atoms with Crippen molar-refractivity contribution in [2.45, 2.75) is 46.7 Å². The van der Waals surface area contributed by atoms with Gasteiger partial charge in [-0.2, -0.15) is 5.10 Å². The zero-order valence-corrected chi connectivity index (χ0v) is 14.8. The summed E-state index contributed by atoms with van der Waals surface area (Å²) < 4.78 is 8.01. The van der Waals surface area contributed by atoms with Crippen LogP contribution in [0.3, 0.4) is 0 Å². The molecule has 0 aliphatic rings. The molecule has 0 aliphatic heterocycles. The van der Waals surface area contributed by atoms with Crippen molar-refractivity contribution in [1.82, 2.24) is 9.78 Å². The number of hydrogen-bond acceptors (Lipinski definition) is 4. The van der Waals surface area contributed by atoms with Crippen LogP contribution >= 0.6 is 0 Å². The number of aromatic nitrogens is 2. The minimum Gasteiger partial charge on any atom is -0.455 e. The molecule has 24 heavy (non-hydrogen) atoms. The van der Waals surface area contributed by atoms with Gasteiger partial charge in [0.1, 0.15) is 11.3 Å². The van der Waals surface area contributed by atoms with Crippen molar-refractivity contribution in [3.63, 3.8) is 0 Å². The lowest BCUT2D eigenvalue weighted by Crippen LogP contribution is -2.12. The second kappa shape index (κ2) is 5.91. The monoisotopic (exact) mass is 325 g/mol. The molecule has 2 heterocycles. The highest BCUT2D eigenvalue weighted by Crippen LogP contribution is 2.30. The number of nitrogens with zero attached hydrogens (tertiary/aromatic N) is 2. The zero-order chi connectivity index (χ0) is 17.6. The fourth-order valence-electron chi connectivity index (χ4n) is 2.92. The van der Waals surface area contributed by atoms with Gasteiger partial charge in [0.2, 0.25) is 0 Å². The van der Waals surface area contributed by atoms with E-state index in [1.807, 2.05) is 36.9 Å². The second-order valence-corrected chi connectivity index (χ2v) is 6.71. The Morgan fingerprint density at radius 2 is 1.92 bits per heavy atom. The summed E-state index contributed by atoms with van der Waals surface area (Å²) in [6, 6.07) is 3.87. The van der Waals surface area contributed by atoms with E-state index < -0.39 is 0 Å². The Bertz CT molecular complexity index is 965. The van der Waals surface area contributed by atoms with E-state index in [4.69, 9.17) is 10.2 Å². The molecule has 0 bridgehead atoms. The van der Waals surface area contributed by atoms with Gasteiger partial charge in [-0.3, -0.25) is 9.48 Å². The van der Waals surface area contributed by atoms with Crippen LogP contribution in [0.2, 0.25) is 0 Å². The third-order valence-electron chi connectivity index (χ3n) is 4.28. The summed E-state index contributed by atoms with van der Waals surface area (Å²) in [6.45, 7) is 9.75. The van der Waals surface area contributed by atoms with Crippen LogP contribution in [0.15, 0.2) is 33.7 Å². The first kappa shape index (κ1) is 16.5. The summed E-state index contributed by atoms with van der Waals surface area (Å²) in [5.41, 5.74) is 9.88. The average Bonchev–Trinajstić information content (AvgIpc) is 3.00. The lowest BCUT2D eigenvalue weighted by molar-refractivity contribution is 0.532. The van der Waals surface area contributed by atoms with Crippen LogP contribution in [-0.4, -0.2) is 9.78 Å². The van der Waals surface area contributed by atoms with E-state index in [-0.39, 0.29) is 17.5 Å². The summed E-state index contributed by atoms with van der Waals surface area (Å²) in [6.07, 6.45) is 3.64. The van der Waals surface area contributed by atoms with Crippen LogP contribution < -0.4 is 11.2 Å². The number of hydrogen-bond donors (Lipinski definition) is 1. The second-order valence-electron chi connectivity index (χ2n) is 6.71. The summed E-state index contributed by atoms with van der Waals surface area (Å²) in [4.78, 5) is 12.9. The lowest BCUT2D eigenvalue weighted by atomic mass is 10.00. The normalized spacial score (nSPS) is 13.0. The van der Waals surface area contributed by atoms with Crippen LogP contribution in [0.5, 0.6) is 0 Å². The summed E-state index contributed by atoms with van der Waals surface area (Å²) >= 11 is 0. The molecule has 1 aromatic carbocycles. The number of nitrogens with two attached hydrogens (primary N) is 1. The number of aryl methyl sites for hydroxylation is 1. The van der Waals surface area contributed by atoms with Gasteiger partial charge in [-0.25, -0.2) is 0 Å². The maximum Gasteiger partial charge on any atom is 0.196 e. The van der Waals surface area contributed by atoms with Crippen LogP contribution in [0, 0.1) is 13.8 Å². The Morgan fingerprint density at radius 3 is 2.50 bits per heavy atom. The predicted molar refractivity (Wildman–Crippen MR) is 96.2 cm³/mol. The molecule has 0 radical (unpaired) electrons. The van der Waals surface area contributed by atoms with Gasteiger partial charge in [0.05, 0.1) is 17.1 Å². The molecule has 2 aromatic heterocycles. The molecular weight excluding hydrogens is 302 g/mol. The standard InChI is InChI=1S/C19H23N3O2/c1-10(2)22-9-14(8-21-22)18-12(4)17(23)16-7-11(3)6-15(13(5)20)19(16)24-18/h6-10,13H,20H2,1-5H3. The third kappa shape index (κ3) is 2.65. The molecule has 0 saturated heterocycles. The van der Waals surface area contributed by atoms with Gasteiger partial charge in [0, 0.05) is 29.4 Å². The van der Waals surface area contributed by atoms with Crippen LogP contribution in [0.25, 0.3) is 22.3 Å². The molecule has 0 fully saturated rings. The average molecular weight is 325 g/mol. The molecule has 3 rings (SSSR count). The van der Waals surface area contributed by atoms with Crippen LogP contribution in [0.1, 0.15) is 49.5 Å². The van der Waals surface area contributed by atoms with E-state index in [1.165, 1.54) is 0 Å². The Hall–Kier alpha value is -2.40. The third-order valence-corrected chi connectivity index (χ3v) is 4.28. The van der Waals surface area contributed by atoms with E-state index in [0.717, 1.165) is 16.7 Å². The van der Waals surface area contributed by atoms with Crippen molar-refractivity contribution in [3.8, 4) is 11.3 Å². The van der Waals surface area contributed by atoms with Gasteiger partial charge in [0.15, 0.2) is 5.43 Å². The van der Waals surface area contributed by atoms with E-state index >= 15 is 0 Å². The highest BCUT2D eigenvalue weighted by molar-refractivity contribution is 5.84. The summed E-state index contributed by atoms with van der Waals surface area (Å²) in [5, 5.41) is 4.93. The molecule has 0 saturated carbocycles. The number of fused-ring (bicyclic) bond motifs is 1. The molecule has 126 valence electrons. The maximum atomic E-state index is 12.9. The summed E-state index contributed by atoms with van der Waals surface area (Å²) in [5.74, 6) is 0.560. The predicted octanol–water partition coefficient (Wildman–Crippen LogP) is 3.87. The van der Waals surface area contributed by atoms with E-state index in [2.05, 4.69) is 18.9 Å². The van der Waals surface area contributed by atoms with Crippen molar-refractivity contribution in [3.05, 3.63) is 51.4 Å². The zero-order valence-electron chi connectivity index (χ0n) is 14.8. The number of rotatable bonds is 3. The largest absolute Gasteiger partial charge is 0.455 e. The highest BCUT2D eigenvalue weighted by Gasteiger charge is 2.18. The molecule has 1 atom stereocenters. The minimum atomic E-state index is -0.218. The van der Waals surface area contributed by atoms with E-state index in [1.54, 1.807) is 13.1 Å². The fourth-order valence-corrected chi connectivity index (χ4v) is 2.92. The van der Waals surface area contributed by atoms with Crippen molar-refractivity contribution < 1.29 is 4.42 Å². The Kier molecular flexibility index (Phi) is 4.05. The van der Waals surface area contributed by atoms with E-state index in [0.29, 0.717) is 22.3 Å². The molecule has 0 spiro atoms. The molecular formula is C19H23N3O2. The van der Waals surface area contributed by atoms with Crippen molar-refractivity contribution in [2.24, 2.45) is 5.73 Å². The Morgan fingerprint density at radius 1 is 1.21 bits per heavy atom. The number of benzene rings is 1. The molecule has 0 amide bonds. The van der Waals surface area contributed by atoms with Gasteiger partial charge < -0.3 is 10.2 Å². The van der Waals surface area contributed by atoms with Gasteiger partial charge in [0.25, 0.3) is 0 Å². The van der Waals surface area contributed by atoms with Crippen LogP contribution in [0.4, 0.5) is 0 Å². The highest BCUT2D eigenvalue weighted by atomic mass is 16.3. The first-order valence-electron chi connectivity index (χ1n) is 8.17. The van der Waals surface area contributed by atoms with Crippen molar-refractivity contribution in [2.75, 3.05) is 0 Å². The Labute approximate surface area is 141 Å². The molecule has 5 heteroatoms. The minimum absolute atomic E-state index is 0.0193. The lowest BCUT2D eigenvalue weighted by Gasteiger charge is -2.13. The first-order chi connectivity index (χ1) is 11.3.